The van der Waals surface area contributed by atoms with Gasteiger partial charge in [0.15, 0.2) is 6.29 Å². The molecule has 2 aromatic rings. The fourth-order valence-corrected chi connectivity index (χ4v) is 2.24. The predicted molar refractivity (Wildman–Crippen MR) is 82.4 cm³/mol. The molecule has 0 aliphatic rings. The van der Waals surface area contributed by atoms with Crippen LogP contribution in [0, 0.1) is 11.3 Å². The fourth-order valence-electron chi connectivity index (χ4n) is 2.07. The van der Waals surface area contributed by atoms with Gasteiger partial charge in [-0.05, 0) is 29.8 Å². The number of pyridine rings is 1. The number of hydrogen-bond acceptors (Lipinski definition) is 4. The fraction of sp³-hybridized carbons (Fsp3) is 0.188. The number of aldehydes is 1. The van der Waals surface area contributed by atoms with E-state index in [4.69, 9.17) is 16.9 Å². The molecule has 106 valence electrons. The molecule has 0 aliphatic carbocycles. The molecule has 2 rings (SSSR count). The highest BCUT2D eigenvalue weighted by Gasteiger charge is 2.12. The molecule has 0 saturated heterocycles. The summed E-state index contributed by atoms with van der Waals surface area (Å²) in [6, 6.07) is 11.1. The molecule has 0 N–H and O–H groups in total. The number of carbonyl (C=O) groups is 1. The van der Waals surface area contributed by atoms with Crippen LogP contribution in [0.5, 0.6) is 0 Å². The predicted octanol–water partition coefficient (Wildman–Crippen LogP) is 3.47. The lowest BCUT2D eigenvalue weighted by molar-refractivity contribution is 0.112. The lowest BCUT2D eigenvalue weighted by Gasteiger charge is -2.25. The minimum atomic E-state index is 0.366. The van der Waals surface area contributed by atoms with Crippen LogP contribution >= 0.6 is 11.6 Å². The number of hydrogen-bond donors (Lipinski definition) is 0. The molecule has 21 heavy (non-hydrogen) atoms. The van der Waals surface area contributed by atoms with Crippen molar-refractivity contribution in [3.05, 3.63) is 58.9 Å². The standard InChI is InChI=1S/C16H14ClN3O/c17-15-5-4-14(12-21)16(9-15)20(8-2-6-18)11-13-3-1-7-19-10-13/h1,3-5,7,9-10,12H,2,8,11H2. The Labute approximate surface area is 128 Å². The molecule has 0 amide bonds. The van der Waals surface area contributed by atoms with E-state index >= 15 is 0 Å². The van der Waals surface area contributed by atoms with E-state index in [1.54, 1.807) is 30.6 Å². The molecule has 0 bridgehead atoms. The van der Waals surface area contributed by atoms with E-state index in [1.165, 1.54) is 0 Å². The van der Waals surface area contributed by atoms with Gasteiger partial charge in [0, 0.05) is 41.8 Å². The van der Waals surface area contributed by atoms with Gasteiger partial charge >= 0.3 is 0 Å². The van der Waals surface area contributed by atoms with E-state index in [9.17, 15) is 4.79 Å². The van der Waals surface area contributed by atoms with Crippen molar-refractivity contribution in [2.24, 2.45) is 0 Å². The van der Waals surface area contributed by atoms with E-state index in [1.807, 2.05) is 17.0 Å². The first-order valence-electron chi connectivity index (χ1n) is 6.50. The minimum Gasteiger partial charge on any atom is -0.365 e. The maximum absolute atomic E-state index is 11.2. The van der Waals surface area contributed by atoms with Crippen molar-refractivity contribution >= 4 is 23.6 Å². The number of nitriles is 1. The van der Waals surface area contributed by atoms with E-state index < -0.39 is 0 Å². The average Bonchev–Trinajstić information content (AvgIpc) is 2.52. The van der Waals surface area contributed by atoms with Crippen molar-refractivity contribution < 1.29 is 4.79 Å². The highest BCUT2D eigenvalue weighted by Crippen LogP contribution is 2.25. The smallest absolute Gasteiger partial charge is 0.152 e. The van der Waals surface area contributed by atoms with Crippen molar-refractivity contribution in [1.29, 1.82) is 5.26 Å². The molecular formula is C16H14ClN3O. The maximum atomic E-state index is 11.2. The summed E-state index contributed by atoms with van der Waals surface area (Å²) < 4.78 is 0. The van der Waals surface area contributed by atoms with Crippen LogP contribution in [-0.2, 0) is 6.54 Å². The highest BCUT2D eigenvalue weighted by molar-refractivity contribution is 6.31. The van der Waals surface area contributed by atoms with E-state index in [0.717, 1.165) is 17.5 Å². The second-order valence-electron chi connectivity index (χ2n) is 4.51. The summed E-state index contributed by atoms with van der Waals surface area (Å²) in [4.78, 5) is 17.3. The number of benzene rings is 1. The molecule has 1 aromatic heterocycles. The summed E-state index contributed by atoms with van der Waals surface area (Å²) in [6.07, 6.45) is 4.64. The molecule has 0 radical (unpaired) electrons. The van der Waals surface area contributed by atoms with Crippen LogP contribution in [0.4, 0.5) is 5.69 Å². The monoisotopic (exact) mass is 299 g/mol. The van der Waals surface area contributed by atoms with E-state index in [0.29, 0.717) is 30.1 Å². The average molecular weight is 300 g/mol. The lowest BCUT2D eigenvalue weighted by Crippen LogP contribution is -2.25. The number of aromatic nitrogens is 1. The molecule has 1 aromatic carbocycles. The Morgan fingerprint density at radius 3 is 2.90 bits per heavy atom. The van der Waals surface area contributed by atoms with Gasteiger partial charge in [0.1, 0.15) is 0 Å². The third-order valence-electron chi connectivity index (χ3n) is 3.05. The number of carbonyl (C=O) groups excluding carboxylic acids is 1. The van der Waals surface area contributed by atoms with Crippen LogP contribution in [-0.4, -0.2) is 17.8 Å². The normalized spacial score (nSPS) is 9.90. The van der Waals surface area contributed by atoms with Gasteiger partial charge in [-0.2, -0.15) is 5.26 Å². The summed E-state index contributed by atoms with van der Waals surface area (Å²) in [5, 5.41) is 9.38. The molecule has 5 heteroatoms. The Morgan fingerprint density at radius 2 is 2.24 bits per heavy atom. The highest BCUT2D eigenvalue weighted by atomic mass is 35.5. The zero-order valence-electron chi connectivity index (χ0n) is 11.4. The van der Waals surface area contributed by atoms with Crippen molar-refractivity contribution in [3.8, 4) is 6.07 Å². The Kier molecular flexibility index (Phi) is 5.30. The molecule has 4 nitrogen and oxygen atoms in total. The van der Waals surface area contributed by atoms with Crippen molar-refractivity contribution in [1.82, 2.24) is 4.98 Å². The second-order valence-corrected chi connectivity index (χ2v) is 4.95. The summed E-state index contributed by atoms with van der Waals surface area (Å²) in [6.45, 7) is 1.09. The zero-order chi connectivity index (χ0) is 15.1. The lowest BCUT2D eigenvalue weighted by atomic mass is 10.1. The largest absolute Gasteiger partial charge is 0.365 e. The molecule has 1 heterocycles. The molecule has 0 atom stereocenters. The summed E-state index contributed by atoms with van der Waals surface area (Å²) in [5.41, 5.74) is 2.30. The molecule has 0 unspecified atom stereocenters. The summed E-state index contributed by atoms with van der Waals surface area (Å²) in [5.74, 6) is 0. The number of anilines is 1. The summed E-state index contributed by atoms with van der Waals surface area (Å²) >= 11 is 6.03. The number of halogens is 1. The molecular weight excluding hydrogens is 286 g/mol. The first kappa shape index (κ1) is 15.0. The first-order valence-corrected chi connectivity index (χ1v) is 6.88. The van der Waals surface area contributed by atoms with Crippen LogP contribution in [0.3, 0.4) is 0 Å². The van der Waals surface area contributed by atoms with Crippen molar-refractivity contribution in [2.75, 3.05) is 11.4 Å². The van der Waals surface area contributed by atoms with Gasteiger partial charge in [0.2, 0.25) is 0 Å². The Balaban J connectivity index is 2.33. The molecule has 0 fully saturated rings. The SMILES string of the molecule is N#CCCN(Cc1cccnc1)c1cc(Cl)ccc1C=O. The Bertz CT molecular complexity index is 652. The van der Waals surface area contributed by atoms with Crippen molar-refractivity contribution in [3.63, 3.8) is 0 Å². The maximum Gasteiger partial charge on any atom is 0.152 e. The topological polar surface area (TPSA) is 57.0 Å². The van der Waals surface area contributed by atoms with Crippen LogP contribution in [0.2, 0.25) is 5.02 Å². The van der Waals surface area contributed by atoms with Gasteiger partial charge in [0.25, 0.3) is 0 Å². The van der Waals surface area contributed by atoms with Gasteiger partial charge in [-0.15, -0.1) is 0 Å². The minimum absolute atomic E-state index is 0.366. The van der Waals surface area contributed by atoms with Crippen LogP contribution in [0.15, 0.2) is 42.7 Å². The molecule has 0 aliphatic heterocycles. The van der Waals surface area contributed by atoms with Gasteiger partial charge in [-0.1, -0.05) is 17.7 Å². The van der Waals surface area contributed by atoms with E-state index in [-0.39, 0.29) is 0 Å². The van der Waals surface area contributed by atoms with Crippen molar-refractivity contribution in [2.45, 2.75) is 13.0 Å². The van der Waals surface area contributed by atoms with Gasteiger partial charge in [-0.25, -0.2) is 0 Å². The van der Waals surface area contributed by atoms with Gasteiger partial charge in [0.05, 0.1) is 12.5 Å². The zero-order valence-corrected chi connectivity index (χ0v) is 12.1. The summed E-state index contributed by atoms with van der Waals surface area (Å²) in [7, 11) is 0. The molecule has 0 spiro atoms. The van der Waals surface area contributed by atoms with Gasteiger partial charge in [-0.3, -0.25) is 9.78 Å². The first-order chi connectivity index (χ1) is 10.2. The van der Waals surface area contributed by atoms with Gasteiger partial charge < -0.3 is 4.90 Å². The number of nitrogens with zero attached hydrogens (tertiary/aromatic N) is 3. The molecule has 0 saturated carbocycles. The van der Waals surface area contributed by atoms with E-state index in [2.05, 4.69) is 11.1 Å². The quantitative estimate of drug-likeness (QED) is 0.766. The Hall–Kier alpha value is -2.38. The third kappa shape index (κ3) is 4.04. The van der Waals surface area contributed by atoms with Crippen LogP contribution < -0.4 is 4.90 Å². The van der Waals surface area contributed by atoms with Crippen LogP contribution in [0.25, 0.3) is 0 Å². The Morgan fingerprint density at radius 1 is 1.38 bits per heavy atom. The second kappa shape index (κ2) is 7.41. The number of rotatable bonds is 6. The third-order valence-corrected chi connectivity index (χ3v) is 3.28. The van der Waals surface area contributed by atoms with Crippen LogP contribution in [0.1, 0.15) is 22.3 Å².